The molecule has 1 aliphatic carbocycles. The summed E-state index contributed by atoms with van der Waals surface area (Å²) in [5, 5.41) is 10.6. The Labute approximate surface area is 159 Å². The average molecular weight is 364 g/mol. The quantitative estimate of drug-likeness (QED) is 0.643. The maximum absolute atomic E-state index is 13.5. The summed E-state index contributed by atoms with van der Waals surface area (Å²) in [6, 6.07) is 21.3. The van der Waals surface area contributed by atoms with Gasteiger partial charge in [-0.05, 0) is 48.2 Å². The van der Waals surface area contributed by atoms with Crippen molar-refractivity contribution in [3.63, 3.8) is 0 Å². The van der Waals surface area contributed by atoms with Gasteiger partial charge in [0.15, 0.2) is 0 Å². The minimum absolute atomic E-state index is 0.202. The number of rotatable bonds is 8. The van der Waals surface area contributed by atoms with Crippen molar-refractivity contribution in [3.8, 4) is 0 Å². The van der Waals surface area contributed by atoms with Crippen LogP contribution in [0.1, 0.15) is 35.8 Å². The van der Waals surface area contributed by atoms with Crippen LogP contribution in [-0.2, 0) is 13.1 Å². The van der Waals surface area contributed by atoms with Crippen LogP contribution >= 0.6 is 0 Å². The molecular formula is C23H25FN2O. The molecule has 4 rings (SSSR count). The number of hydrogen-bond donors (Lipinski definition) is 1. The van der Waals surface area contributed by atoms with Crippen molar-refractivity contribution < 1.29 is 9.50 Å². The van der Waals surface area contributed by atoms with Crippen molar-refractivity contribution in [2.75, 3.05) is 6.54 Å². The van der Waals surface area contributed by atoms with Crippen molar-refractivity contribution >= 4 is 0 Å². The van der Waals surface area contributed by atoms with Crippen LogP contribution < -0.4 is 0 Å². The molecule has 1 saturated carbocycles. The number of aromatic nitrogens is 1. The van der Waals surface area contributed by atoms with Crippen molar-refractivity contribution in [3.05, 3.63) is 95.6 Å². The Hall–Kier alpha value is -2.43. The predicted octanol–water partition coefficient (Wildman–Crippen LogP) is 4.37. The lowest BCUT2D eigenvalue weighted by molar-refractivity contribution is 0.103. The number of halogens is 1. The molecule has 2 aromatic carbocycles. The maximum atomic E-state index is 13.5. The number of aliphatic hydroxyl groups is 1. The van der Waals surface area contributed by atoms with E-state index in [4.69, 9.17) is 0 Å². The van der Waals surface area contributed by atoms with Crippen LogP contribution in [0.15, 0.2) is 72.9 Å². The molecule has 0 amide bonds. The van der Waals surface area contributed by atoms with Crippen LogP contribution in [0, 0.1) is 5.82 Å². The van der Waals surface area contributed by atoms with Crippen LogP contribution in [0.2, 0.25) is 0 Å². The summed E-state index contributed by atoms with van der Waals surface area (Å²) in [5.41, 5.74) is 3.10. The largest absolute Gasteiger partial charge is 0.387 e. The van der Waals surface area contributed by atoms with E-state index in [0.29, 0.717) is 19.1 Å². The van der Waals surface area contributed by atoms with Gasteiger partial charge >= 0.3 is 0 Å². The summed E-state index contributed by atoms with van der Waals surface area (Å²) in [5.74, 6) is -0.202. The molecule has 27 heavy (non-hydrogen) atoms. The molecule has 0 unspecified atom stereocenters. The third-order valence-corrected chi connectivity index (χ3v) is 5.19. The topological polar surface area (TPSA) is 28.4 Å². The van der Waals surface area contributed by atoms with Crippen molar-refractivity contribution in [1.82, 2.24) is 9.47 Å². The van der Waals surface area contributed by atoms with Gasteiger partial charge in [0.05, 0.1) is 6.10 Å². The molecule has 1 N–H and O–H groups in total. The normalized spacial score (nSPS) is 15.2. The van der Waals surface area contributed by atoms with Crippen LogP contribution in [-0.4, -0.2) is 27.2 Å². The minimum Gasteiger partial charge on any atom is -0.387 e. The highest BCUT2D eigenvalue weighted by atomic mass is 19.1. The molecule has 3 nitrogen and oxygen atoms in total. The zero-order chi connectivity index (χ0) is 18.6. The molecule has 0 saturated heterocycles. The Morgan fingerprint density at radius 3 is 2.59 bits per heavy atom. The van der Waals surface area contributed by atoms with Gasteiger partial charge in [0.25, 0.3) is 0 Å². The van der Waals surface area contributed by atoms with Gasteiger partial charge in [0.1, 0.15) is 5.82 Å². The van der Waals surface area contributed by atoms with Crippen molar-refractivity contribution in [1.29, 1.82) is 0 Å². The van der Waals surface area contributed by atoms with Crippen LogP contribution in [0.25, 0.3) is 0 Å². The Morgan fingerprint density at radius 1 is 1.04 bits per heavy atom. The lowest BCUT2D eigenvalue weighted by atomic mass is 10.1. The second kappa shape index (κ2) is 8.07. The fraction of sp³-hybridized carbons (Fsp3) is 0.304. The van der Waals surface area contributed by atoms with Gasteiger partial charge < -0.3 is 9.67 Å². The minimum atomic E-state index is -0.488. The predicted molar refractivity (Wildman–Crippen MR) is 105 cm³/mol. The number of aliphatic hydroxyl groups excluding tert-OH is 1. The lowest BCUT2D eigenvalue weighted by Gasteiger charge is -2.26. The van der Waals surface area contributed by atoms with Crippen LogP contribution in [0.5, 0.6) is 0 Å². The molecule has 1 aliphatic rings. The Morgan fingerprint density at radius 2 is 1.85 bits per heavy atom. The van der Waals surface area contributed by atoms with Gasteiger partial charge in [-0.15, -0.1) is 0 Å². The summed E-state index contributed by atoms with van der Waals surface area (Å²) in [4.78, 5) is 2.37. The SMILES string of the molecule is O[C@H](CN(Cc1cccn1Cc1cccc(F)c1)C1CC1)c1ccccc1. The molecule has 1 aromatic heterocycles. The van der Waals surface area contributed by atoms with E-state index in [0.717, 1.165) is 17.7 Å². The second-order valence-corrected chi connectivity index (χ2v) is 7.34. The summed E-state index contributed by atoms with van der Waals surface area (Å²) >= 11 is 0. The van der Waals surface area contributed by atoms with E-state index in [2.05, 4.69) is 15.5 Å². The zero-order valence-corrected chi connectivity index (χ0v) is 15.3. The van der Waals surface area contributed by atoms with Crippen LogP contribution in [0.4, 0.5) is 4.39 Å². The number of benzene rings is 2. The van der Waals surface area contributed by atoms with Gasteiger partial charge in [-0.3, -0.25) is 4.90 Å². The molecule has 0 bridgehead atoms. The molecule has 0 radical (unpaired) electrons. The van der Waals surface area contributed by atoms with E-state index in [1.807, 2.05) is 48.7 Å². The summed E-state index contributed by atoms with van der Waals surface area (Å²) in [6.07, 6.45) is 3.93. The van der Waals surface area contributed by atoms with Crippen LogP contribution in [0.3, 0.4) is 0 Å². The highest BCUT2D eigenvalue weighted by Gasteiger charge is 2.31. The van der Waals surface area contributed by atoms with E-state index in [1.165, 1.54) is 24.6 Å². The van der Waals surface area contributed by atoms with Gasteiger partial charge in [-0.25, -0.2) is 4.39 Å². The van der Waals surface area contributed by atoms with E-state index in [9.17, 15) is 9.50 Å². The first kappa shape index (κ1) is 18.0. The zero-order valence-electron chi connectivity index (χ0n) is 15.3. The van der Waals surface area contributed by atoms with Crippen molar-refractivity contribution in [2.45, 2.75) is 38.1 Å². The fourth-order valence-corrected chi connectivity index (χ4v) is 3.57. The molecule has 0 aliphatic heterocycles. The number of hydrogen-bond acceptors (Lipinski definition) is 2. The van der Waals surface area contributed by atoms with Gasteiger partial charge in [0.2, 0.25) is 0 Å². The molecule has 140 valence electrons. The van der Waals surface area contributed by atoms with Gasteiger partial charge in [-0.1, -0.05) is 42.5 Å². The standard InChI is InChI=1S/C23H25FN2O/c24-20-9-4-6-18(14-20)15-25-13-5-10-22(25)16-26(21-11-12-21)17-23(27)19-7-2-1-3-8-19/h1-10,13-14,21,23,27H,11-12,15-17H2/t23-/m1/s1. The molecule has 1 fully saturated rings. The first-order valence-corrected chi connectivity index (χ1v) is 9.54. The molecule has 1 atom stereocenters. The molecular weight excluding hydrogens is 339 g/mol. The Kier molecular flexibility index (Phi) is 5.37. The summed E-state index contributed by atoms with van der Waals surface area (Å²) in [6.45, 7) is 2.07. The average Bonchev–Trinajstić information content (AvgIpc) is 3.44. The van der Waals surface area contributed by atoms with E-state index >= 15 is 0 Å². The molecule has 0 spiro atoms. The Balaban J connectivity index is 1.46. The highest BCUT2D eigenvalue weighted by Crippen LogP contribution is 2.30. The Bertz CT molecular complexity index is 873. The number of nitrogens with zero attached hydrogens (tertiary/aromatic N) is 2. The first-order valence-electron chi connectivity index (χ1n) is 9.54. The maximum Gasteiger partial charge on any atom is 0.123 e. The van der Waals surface area contributed by atoms with E-state index in [1.54, 1.807) is 12.1 Å². The highest BCUT2D eigenvalue weighted by molar-refractivity contribution is 5.20. The first-order chi connectivity index (χ1) is 13.2. The lowest BCUT2D eigenvalue weighted by Crippen LogP contribution is -2.31. The van der Waals surface area contributed by atoms with Crippen molar-refractivity contribution in [2.24, 2.45) is 0 Å². The smallest absolute Gasteiger partial charge is 0.123 e. The molecule has 1 heterocycles. The van der Waals surface area contributed by atoms with Gasteiger partial charge in [0, 0.05) is 37.6 Å². The summed E-state index contributed by atoms with van der Waals surface area (Å²) in [7, 11) is 0. The third kappa shape index (κ3) is 4.65. The fourth-order valence-electron chi connectivity index (χ4n) is 3.57. The third-order valence-electron chi connectivity index (χ3n) is 5.19. The monoisotopic (exact) mass is 364 g/mol. The van der Waals surface area contributed by atoms with E-state index < -0.39 is 6.10 Å². The summed E-state index contributed by atoms with van der Waals surface area (Å²) < 4.78 is 15.6. The van der Waals surface area contributed by atoms with E-state index in [-0.39, 0.29) is 5.82 Å². The molecule has 4 heteroatoms. The molecule has 3 aromatic rings. The van der Waals surface area contributed by atoms with Gasteiger partial charge in [-0.2, -0.15) is 0 Å². The second-order valence-electron chi connectivity index (χ2n) is 7.34.